The van der Waals surface area contributed by atoms with Crippen molar-refractivity contribution in [2.75, 3.05) is 30.4 Å². The van der Waals surface area contributed by atoms with E-state index in [1.54, 1.807) is 18.4 Å². The summed E-state index contributed by atoms with van der Waals surface area (Å²) in [5, 5.41) is 8.89. The Balaban J connectivity index is 1.22. The highest BCUT2D eigenvalue weighted by atomic mass is 32.1. The SMILES string of the molecule is COc1ccc(-c2cn3nc(N4CCC(C(=O)Nc5c(C)cc(C)cc5C)CC4)sc3n2)cc1. The van der Waals surface area contributed by atoms with Crippen LogP contribution in [0.3, 0.4) is 0 Å². The molecule has 5 rings (SSSR count). The lowest BCUT2D eigenvalue weighted by Gasteiger charge is -2.31. The Morgan fingerprint density at radius 2 is 1.76 bits per heavy atom. The molecule has 2 aromatic heterocycles. The smallest absolute Gasteiger partial charge is 0.227 e. The monoisotopic (exact) mass is 475 g/mol. The Morgan fingerprint density at radius 1 is 1.09 bits per heavy atom. The van der Waals surface area contributed by atoms with E-state index in [0.29, 0.717) is 0 Å². The fourth-order valence-electron chi connectivity index (χ4n) is 4.65. The lowest BCUT2D eigenvalue weighted by atomic mass is 9.95. The van der Waals surface area contributed by atoms with Crippen molar-refractivity contribution in [3.05, 3.63) is 59.3 Å². The second-order valence-electron chi connectivity index (χ2n) is 8.99. The van der Waals surface area contributed by atoms with Crippen molar-refractivity contribution in [1.82, 2.24) is 14.6 Å². The van der Waals surface area contributed by atoms with Crippen LogP contribution in [-0.4, -0.2) is 40.7 Å². The number of carbonyl (C=O) groups is 1. The second-order valence-corrected chi connectivity index (χ2v) is 9.93. The third kappa shape index (κ3) is 4.37. The van der Waals surface area contributed by atoms with Crippen molar-refractivity contribution >= 4 is 33.0 Å². The van der Waals surface area contributed by atoms with Gasteiger partial charge in [-0.25, -0.2) is 9.50 Å². The molecule has 1 aliphatic rings. The van der Waals surface area contributed by atoms with Crippen LogP contribution >= 0.6 is 11.3 Å². The van der Waals surface area contributed by atoms with Gasteiger partial charge in [-0.2, -0.15) is 0 Å². The molecular formula is C26H29N5O2S. The number of fused-ring (bicyclic) bond motifs is 1. The first-order valence-electron chi connectivity index (χ1n) is 11.6. The predicted octanol–water partition coefficient (Wildman–Crippen LogP) is 5.25. The molecule has 0 aliphatic carbocycles. The standard InChI is InChI=1S/C26H29N5O2S/c1-16-13-17(2)23(18(3)14-16)28-24(32)20-9-11-30(12-10-20)26-29-31-15-22(27-25(31)34-26)19-5-7-21(33-4)8-6-19/h5-8,13-15,20H,9-12H2,1-4H3,(H,28,32). The number of piperidine rings is 1. The lowest BCUT2D eigenvalue weighted by Crippen LogP contribution is -2.38. The highest BCUT2D eigenvalue weighted by Gasteiger charge is 2.27. The first-order valence-corrected chi connectivity index (χ1v) is 12.4. The molecule has 8 heteroatoms. The van der Waals surface area contributed by atoms with Crippen LogP contribution in [0.2, 0.25) is 0 Å². The highest BCUT2D eigenvalue weighted by molar-refractivity contribution is 7.20. The maximum atomic E-state index is 12.9. The number of anilines is 2. The van der Waals surface area contributed by atoms with Crippen LogP contribution in [0.25, 0.3) is 16.2 Å². The molecule has 0 unspecified atom stereocenters. The van der Waals surface area contributed by atoms with Gasteiger partial charge in [-0.1, -0.05) is 29.0 Å². The van der Waals surface area contributed by atoms with Gasteiger partial charge in [0.15, 0.2) is 0 Å². The van der Waals surface area contributed by atoms with E-state index in [9.17, 15) is 4.79 Å². The number of imidazole rings is 1. The van der Waals surface area contributed by atoms with Crippen molar-refractivity contribution < 1.29 is 9.53 Å². The third-order valence-electron chi connectivity index (χ3n) is 6.48. The molecule has 4 aromatic rings. The zero-order chi connectivity index (χ0) is 23.8. The van der Waals surface area contributed by atoms with Gasteiger partial charge >= 0.3 is 0 Å². The zero-order valence-corrected chi connectivity index (χ0v) is 20.8. The summed E-state index contributed by atoms with van der Waals surface area (Å²) in [7, 11) is 1.66. The molecule has 3 heterocycles. The molecule has 1 aliphatic heterocycles. The van der Waals surface area contributed by atoms with Gasteiger partial charge in [-0.15, -0.1) is 5.10 Å². The Kier molecular flexibility index (Phi) is 6.00. The molecule has 1 fully saturated rings. The molecule has 0 radical (unpaired) electrons. The van der Waals surface area contributed by atoms with Crippen LogP contribution in [0.1, 0.15) is 29.5 Å². The van der Waals surface area contributed by atoms with Crippen LogP contribution in [-0.2, 0) is 4.79 Å². The van der Waals surface area contributed by atoms with Gasteiger partial charge in [-0.3, -0.25) is 4.79 Å². The zero-order valence-electron chi connectivity index (χ0n) is 20.0. The summed E-state index contributed by atoms with van der Waals surface area (Å²) in [6.45, 7) is 7.81. The number of carbonyl (C=O) groups excluding carboxylic acids is 1. The van der Waals surface area contributed by atoms with Crippen LogP contribution in [0.4, 0.5) is 10.8 Å². The Morgan fingerprint density at radius 3 is 2.38 bits per heavy atom. The van der Waals surface area contributed by atoms with Crippen LogP contribution in [0, 0.1) is 26.7 Å². The third-order valence-corrected chi connectivity index (χ3v) is 7.46. The average molecular weight is 476 g/mol. The van der Waals surface area contributed by atoms with Crippen molar-refractivity contribution in [2.24, 2.45) is 5.92 Å². The Bertz CT molecular complexity index is 1280. The number of benzene rings is 2. The summed E-state index contributed by atoms with van der Waals surface area (Å²) in [5.74, 6) is 0.959. The molecule has 2 aromatic carbocycles. The van der Waals surface area contributed by atoms with E-state index in [1.807, 2.05) is 35.0 Å². The van der Waals surface area contributed by atoms with E-state index >= 15 is 0 Å². The fourth-order valence-corrected chi connectivity index (χ4v) is 5.59. The van der Waals surface area contributed by atoms with Crippen molar-refractivity contribution in [2.45, 2.75) is 33.6 Å². The summed E-state index contributed by atoms with van der Waals surface area (Å²) in [5.41, 5.74) is 6.32. The molecule has 0 spiro atoms. The van der Waals surface area contributed by atoms with Gasteiger partial charge in [0.1, 0.15) is 5.75 Å². The number of methoxy groups -OCH3 is 1. The predicted molar refractivity (Wildman–Crippen MR) is 137 cm³/mol. The molecule has 0 saturated carbocycles. The topological polar surface area (TPSA) is 71.8 Å². The molecule has 0 atom stereocenters. The molecule has 34 heavy (non-hydrogen) atoms. The minimum atomic E-state index is 0.0158. The number of nitrogens with zero attached hydrogens (tertiary/aromatic N) is 4. The Labute approximate surface area is 203 Å². The largest absolute Gasteiger partial charge is 0.497 e. The van der Waals surface area contributed by atoms with Crippen molar-refractivity contribution in [3.8, 4) is 17.0 Å². The number of nitrogens with one attached hydrogen (secondary N) is 1. The highest BCUT2D eigenvalue weighted by Crippen LogP contribution is 2.31. The maximum Gasteiger partial charge on any atom is 0.227 e. The van der Waals surface area contributed by atoms with Crippen LogP contribution in [0.15, 0.2) is 42.6 Å². The van der Waals surface area contributed by atoms with Crippen LogP contribution < -0.4 is 15.0 Å². The molecule has 176 valence electrons. The number of aromatic nitrogens is 3. The summed E-state index contributed by atoms with van der Waals surface area (Å²) in [6.07, 6.45) is 3.59. The first-order chi connectivity index (χ1) is 16.4. The number of aryl methyl sites for hydroxylation is 3. The van der Waals surface area contributed by atoms with Gasteiger partial charge in [0, 0.05) is 30.3 Å². The number of hydrogen-bond acceptors (Lipinski definition) is 6. The second kappa shape index (κ2) is 9.10. The van der Waals surface area contributed by atoms with Crippen molar-refractivity contribution in [3.63, 3.8) is 0 Å². The van der Waals surface area contributed by atoms with E-state index in [0.717, 1.165) is 69.8 Å². The van der Waals surface area contributed by atoms with E-state index in [2.05, 4.69) is 43.1 Å². The molecule has 7 nitrogen and oxygen atoms in total. The molecule has 1 amide bonds. The summed E-state index contributed by atoms with van der Waals surface area (Å²) >= 11 is 1.59. The van der Waals surface area contributed by atoms with Crippen LogP contribution in [0.5, 0.6) is 5.75 Å². The fraction of sp³-hybridized carbons (Fsp3) is 0.346. The van der Waals surface area contributed by atoms with E-state index < -0.39 is 0 Å². The van der Waals surface area contributed by atoms with Gasteiger partial charge in [0.2, 0.25) is 16.0 Å². The van der Waals surface area contributed by atoms with E-state index in [4.69, 9.17) is 14.8 Å². The van der Waals surface area contributed by atoms with Gasteiger partial charge in [-0.05, 0) is 69.0 Å². The molecule has 1 saturated heterocycles. The molecule has 1 N–H and O–H groups in total. The van der Waals surface area contributed by atoms with Gasteiger partial charge in [0.05, 0.1) is 19.0 Å². The number of ether oxygens (including phenoxy) is 1. The number of amides is 1. The summed E-state index contributed by atoms with van der Waals surface area (Å²) in [6, 6.07) is 12.1. The van der Waals surface area contributed by atoms with E-state index in [-0.39, 0.29) is 11.8 Å². The lowest BCUT2D eigenvalue weighted by molar-refractivity contribution is -0.120. The normalized spacial score (nSPS) is 14.5. The minimum absolute atomic E-state index is 0.0158. The van der Waals surface area contributed by atoms with Gasteiger partial charge in [0.25, 0.3) is 0 Å². The maximum absolute atomic E-state index is 12.9. The Hall–Kier alpha value is -3.39. The van der Waals surface area contributed by atoms with Gasteiger partial charge < -0.3 is 15.0 Å². The molecular weight excluding hydrogens is 446 g/mol. The first kappa shape index (κ1) is 22.4. The average Bonchev–Trinajstić information content (AvgIpc) is 3.41. The number of hydrogen-bond donors (Lipinski definition) is 1. The van der Waals surface area contributed by atoms with E-state index in [1.165, 1.54) is 5.56 Å². The number of rotatable bonds is 5. The quantitative estimate of drug-likeness (QED) is 0.427. The summed E-state index contributed by atoms with van der Waals surface area (Å²) < 4.78 is 7.08. The van der Waals surface area contributed by atoms with Crippen molar-refractivity contribution in [1.29, 1.82) is 0 Å². The minimum Gasteiger partial charge on any atom is -0.497 e. The summed E-state index contributed by atoms with van der Waals surface area (Å²) in [4.78, 5) is 20.8. The molecule has 0 bridgehead atoms.